The molecule has 2 heterocycles. The monoisotopic (exact) mass is 447 g/mol. The lowest BCUT2D eigenvalue weighted by Gasteiger charge is -2.11. The highest BCUT2D eigenvalue weighted by atomic mass is 79.9. The van der Waals surface area contributed by atoms with E-state index in [-0.39, 0.29) is 6.79 Å². The summed E-state index contributed by atoms with van der Waals surface area (Å²) >= 11 is 3.34. The van der Waals surface area contributed by atoms with Crippen LogP contribution in [0.5, 0.6) is 5.75 Å². The molecule has 0 saturated heterocycles. The molecule has 2 aromatic heterocycles. The number of H-pyrrole nitrogens is 1. The van der Waals surface area contributed by atoms with Crippen molar-refractivity contribution in [1.82, 2.24) is 20.4 Å². The molecule has 0 aliphatic heterocycles. The van der Waals surface area contributed by atoms with Gasteiger partial charge in [-0.1, -0.05) is 28.1 Å². The van der Waals surface area contributed by atoms with Crippen LogP contribution >= 0.6 is 15.9 Å². The minimum Gasteiger partial charge on any atom is -0.467 e. The summed E-state index contributed by atoms with van der Waals surface area (Å²) in [6, 6.07) is 9.47. The van der Waals surface area contributed by atoms with Gasteiger partial charge in [0.2, 0.25) is 0 Å². The van der Waals surface area contributed by atoms with Gasteiger partial charge in [0.1, 0.15) is 5.75 Å². The van der Waals surface area contributed by atoms with E-state index >= 15 is 0 Å². The first-order valence-corrected chi connectivity index (χ1v) is 9.87. The van der Waals surface area contributed by atoms with Crippen LogP contribution in [-0.2, 0) is 15.9 Å². The highest BCUT2D eigenvalue weighted by molar-refractivity contribution is 9.09. The van der Waals surface area contributed by atoms with E-state index < -0.39 is 0 Å². The number of aromatic nitrogens is 4. The van der Waals surface area contributed by atoms with Gasteiger partial charge in [-0.25, -0.2) is 0 Å². The summed E-state index contributed by atoms with van der Waals surface area (Å²) in [4.78, 5) is 0. The lowest BCUT2D eigenvalue weighted by Crippen LogP contribution is -2.04. The molecule has 3 N–H and O–H groups in total. The quantitative estimate of drug-likeness (QED) is 0.279. The van der Waals surface area contributed by atoms with Crippen molar-refractivity contribution in [3.8, 4) is 28.1 Å². The number of hydrogen-bond donors (Lipinski definition) is 2. The summed E-state index contributed by atoms with van der Waals surface area (Å²) in [6.45, 7) is 1.37. The molecule has 3 aromatic rings. The van der Waals surface area contributed by atoms with Crippen molar-refractivity contribution in [2.45, 2.75) is 6.42 Å². The molecular formula is C19H22BrN5O3. The fourth-order valence-corrected chi connectivity index (χ4v) is 2.97. The number of para-hydroxylation sites is 1. The van der Waals surface area contributed by atoms with Gasteiger partial charge < -0.3 is 19.9 Å². The smallest absolute Gasteiger partial charge is 0.188 e. The lowest BCUT2D eigenvalue weighted by atomic mass is 10.0. The van der Waals surface area contributed by atoms with Gasteiger partial charge in [-0.2, -0.15) is 5.10 Å². The van der Waals surface area contributed by atoms with Gasteiger partial charge in [0, 0.05) is 41.7 Å². The number of rotatable bonds is 10. The van der Waals surface area contributed by atoms with Crippen molar-refractivity contribution in [3.63, 3.8) is 0 Å². The number of ether oxygens (including phenoxy) is 3. The fourth-order valence-electron chi connectivity index (χ4n) is 2.74. The normalized spacial score (nSPS) is 10.9. The zero-order valence-electron chi connectivity index (χ0n) is 15.5. The number of benzene rings is 1. The SMILES string of the molecule is COCOc1ccccc1-c1cc(-c2c[nH]nc2CCOCCBr)c(N)nn1. The summed E-state index contributed by atoms with van der Waals surface area (Å²) in [5.41, 5.74) is 10.1. The van der Waals surface area contributed by atoms with Crippen LogP contribution in [0.15, 0.2) is 36.5 Å². The zero-order valence-corrected chi connectivity index (χ0v) is 17.1. The minimum absolute atomic E-state index is 0.145. The van der Waals surface area contributed by atoms with Crippen LogP contribution in [0.4, 0.5) is 5.82 Å². The van der Waals surface area contributed by atoms with Gasteiger partial charge in [-0.15, -0.1) is 10.2 Å². The third-order valence-corrected chi connectivity index (χ3v) is 4.36. The molecule has 1 aromatic carbocycles. The Morgan fingerprint density at radius 1 is 1.11 bits per heavy atom. The Hall–Kier alpha value is -2.49. The molecule has 148 valence electrons. The van der Waals surface area contributed by atoms with Gasteiger partial charge in [0.25, 0.3) is 0 Å². The Kier molecular flexibility index (Phi) is 7.35. The largest absolute Gasteiger partial charge is 0.467 e. The number of nitrogens with two attached hydrogens (primary N) is 1. The third kappa shape index (κ3) is 4.86. The molecule has 3 rings (SSSR count). The number of halogens is 1. The number of nitrogen functional groups attached to an aromatic ring is 1. The highest BCUT2D eigenvalue weighted by Gasteiger charge is 2.16. The van der Waals surface area contributed by atoms with Crippen molar-refractivity contribution in [1.29, 1.82) is 0 Å². The molecule has 0 bridgehead atoms. The van der Waals surface area contributed by atoms with Crippen LogP contribution in [0.3, 0.4) is 0 Å². The van der Waals surface area contributed by atoms with E-state index in [9.17, 15) is 0 Å². The number of alkyl halides is 1. The molecule has 8 nitrogen and oxygen atoms in total. The van der Waals surface area contributed by atoms with Crippen molar-refractivity contribution < 1.29 is 14.2 Å². The molecule has 0 fully saturated rings. The fraction of sp³-hybridized carbons (Fsp3) is 0.316. The van der Waals surface area contributed by atoms with Crippen molar-refractivity contribution >= 4 is 21.7 Å². The molecule has 0 spiro atoms. The zero-order chi connectivity index (χ0) is 19.8. The number of aromatic amines is 1. The summed E-state index contributed by atoms with van der Waals surface area (Å²) in [5.74, 6) is 0.994. The van der Waals surface area contributed by atoms with E-state index in [0.29, 0.717) is 36.9 Å². The maximum absolute atomic E-state index is 6.12. The van der Waals surface area contributed by atoms with Gasteiger partial charge in [-0.05, 0) is 18.2 Å². The predicted octanol–water partition coefficient (Wildman–Crippen LogP) is 3.05. The van der Waals surface area contributed by atoms with Crippen LogP contribution in [0.1, 0.15) is 5.69 Å². The van der Waals surface area contributed by atoms with Crippen molar-refractivity contribution in [2.75, 3.05) is 38.2 Å². The van der Waals surface area contributed by atoms with Gasteiger partial charge in [-0.3, -0.25) is 5.10 Å². The summed E-state index contributed by atoms with van der Waals surface area (Å²) in [7, 11) is 1.58. The second-order valence-electron chi connectivity index (χ2n) is 5.87. The summed E-state index contributed by atoms with van der Waals surface area (Å²) in [5, 5.41) is 16.4. The Balaban J connectivity index is 1.91. The van der Waals surface area contributed by atoms with Crippen LogP contribution in [-0.4, -0.2) is 52.8 Å². The second kappa shape index (κ2) is 10.2. The number of nitrogens with one attached hydrogen (secondary N) is 1. The second-order valence-corrected chi connectivity index (χ2v) is 6.67. The van der Waals surface area contributed by atoms with E-state index in [2.05, 4.69) is 36.3 Å². The Labute approximate surface area is 171 Å². The maximum atomic E-state index is 6.12. The van der Waals surface area contributed by atoms with E-state index in [1.54, 1.807) is 7.11 Å². The molecule has 0 saturated carbocycles. The van der Waals surface area contributed by atoms with Gasteiger partial charge in [0.15, 0.2) is 12.6 Å². The first-order valence-electron chi connectivity index (χ1n) is 8.75. The molecule has 0 amide bonds. The lowest BCUT2D eigenvalue weighted by molar-refractivity contribution is 0.0515. The average molecular weight is 448 g/mol. The highest BCUT2D eigenvalue weighted by Crippen LogP contribution is 2.33. The predicted molar refractivity (Wildman–Crippen MR) is 110 cm³/mol. The molecular weight excluding hydrogens is 426 g/mol. The van der Waals surface area contributed by atoms with E-state index in [1.165, 1.54) is 0 Å². The topological polar surface area (TPSA) is 108 Å². The molecule has 0 aliphatic rings. The minimum atomic E-state index is 0.145. The summed E-state index contributed by atoms with van der Waals surface area (Å²) in [6.07, 6.45) is 2.47. The number of methoxy groups -OCH3 is 1. The third-order valence-electron chi connectivity index (χ3n) is 4.03. The van der Waals surface area contributed by atoms with Crippen LogP contribution in [0.2, 0.25) is 0 Å². The first-order chi connectivity index (χ1) is 13.7. The molecule has 0 unspecified atom stereocenters. The van der Waals surface area contributed by atoms with Crippen molar-refractivity contribution in [2.24, 2.45) is 0 Å². The summed E-state index contributed by atoms with van der Waals surface area (Å²) < 4.78 is 16.2. The standard InChI is InChI=1S/C19H22BrN5O3/c1-26-12-28-18-5-3-2-4-13(18)17-10-14(19(21)25-24-17)15-11-22-23-16(15)6-8-27-9-7-20/h2-5,10-11H,6-9,12H2,1H3,(H2,21,25)(H,22,23). The van der Waals surface area contributed by atoms with Gasteiger partial charge >= 0.3 is 0 Å². The number of nitrogens with zero attached hydrogens (tertiary/aromatic N) is 3. The van der Waals surface area contributed by atoms with Crippen LogP contribution < -0.4 is 10.5 Å². The van der Waals surface area contributed by atoms with Gasteiger partial charge in [0.05, 0.1) is 24.6 Å². The molecule has 0 aliphatic carbocycles. The van der Waals surface area contributed by atoms with Crippen molar-refractivity contribution in [3.05, 3.63) is 42.2 Å². The Bertz CT molecular complexity index is 903. The maximum Gasteiger partial charge on any atom is 0.188 e. The van der Waals surface area contributed by atoms with E-state index in [4.69, 9.17) is 19.9 Å². The Morgan fingerprint density at radius 3 is 2.79 bits per heavy atom. The number of hydrogen-bond acceptors (Lipinski definition) is 7. The first kappa shape index (κ1) is 20.2. The molecule has 0 radical (unpaired) electrons. The van der Waals surface area contributed by atoms with E-state index in [1.807, 2.05) is 36.5 Å². The molecule has 9 heteroatoms. The van der Waals surface area contributed by atoms with Crippen LogP contribution in [0, 0.1) is 0 Å². The molecule has 28 heavy (non-hydrogen) atoms. The van der Waals surface area contributed by atoms with Crippen LogP contribution in [0.25, 0.3) is 22.4 Å². The number of anilines is 1. The average Bonchev–Trinajstić information content (AvgIpc) is 3.18. The molecule has 0 atom stereocenters. The van der Waals surface area contributed by atoms with E-state index in [0.717, 1.165) is 27.7 Å². The Morgan fingerprint density at radius 2 is 1.96 bits per heavy atom.